The molecule has 0 aliphatic carbocycles. The second-order valence-electron chi connectivity index (χ2n) is 4.11. The van der Waals surface area contributed by atoms with Gasteiger partial charge >= 0.3 is 0 Å². The Morgan fingerprint density at radius 1 is 1.30 bits per heavy atom. The molecule has 2 rings (SSSR count). The number of hydrogen-bond acceptors (Lipinski definition) is 2. The number of nitrogens with zero attached hydrogens (tertiary/aromatic N) is 1. The van der Waals surface area contributed by atoms with E-state index < -0.39 is 17.5 Å². The van der Waals surface area contributed by atoms with E-state index in [-0.39, 0.29) is 10.6 Å². The third-order valence-corrected chi connectivity index (χ3v) is 3.59. The van der Waals surface area contributed by atoms with Gasteiger partial charge in [0.1, 0.15) is 11.7 Å². The van der Waals surface area contributed by atoms with Crippen molar-refractivity contribution in [3.63, 3.8) is 0 Å². The van der Waals surface area contributed by atoms with E-state index in [1.54, 1.807) is 24.3 Å². The average Bonchev–Trinajstić information content (AvgIpc) is 2.42. The van der Waals surface area contributed by atoms with Crippen LogP contribution in [0.1, 0.15) is 21.8 Å². The monoisotopic (exact) mass is 351 g/mol. The SMILES string of the molecule is N#CC(C(=O)c1cc(Br)ccc1Cl)c1cccc(F)c1. The van der Waals surface area contributed by atoms with Crippen molar-refractivity contribution in [2.75, 3.05) is 0 Å². The molecule has 2 aromatic carbocycles. The van der Waals surface area contributed by atoms with Crippen molar-refractivity contribution < 1.29 is 9.18 Å². The highest BCUT2D eigenvalue weighted by Gasteiger charge is 2.24. The second-order valence-corrected chi connectivity index (χ2v) is 5.43. The Morgan fingerprint density at radius 3 is 2.70 bits per heavy atom. The molecule has 0 aromatic heterocycles. The van der Waals surface area contributed by atoms with E-state index in [1.807, 2.05) is 6.07 Å². The minimum Gasteiger partial charge on any atom is -0.292 e. The molecule has 0 saturated heterocycles. The van der Waals surface area contributed by atoms with Crippen molar-refractivity contribution in [2.45, 2.75) is 5.92 Å². The first-order valence-electron chi connectivity index (χ1n) is 5.67. The number of carbonyl (C=O) groups excluding carboxylic acids is 1. The van der Waals surface area contributed by atoms with Crippen molar-refractivity contribution in [2.24, 2.45) is 0 Å². The van der Waals surface area contributed by atoms with E-state index in [2.05, 4.69) is 15.9 Å². The van der Waals surface area contributed by atoms with Crippen LogP contribution < -0.4 is 0 Å². The normalized spacial score (nSPS) is 11.7. The Kier molecular flexibility index (Phi) is 4.53. The maximum Gasteiger partial charge on any atom is 0.185 e. The molecule has 0 bridgehead atoms. The summed E-state index contributed by atoms with van der Waals surface area (Å²) in [5.74, 6) is -2.03. The summed E-state index contributed by atoms with van der Waals surface area (Å²) in [6.45, 7) is 0. The second kappa shape index (κ2) is 6.17. The Hall–Kier alpha value is -1.70. The zero-order valence-electron chi connectivity index (χ0n) is 10.1. The number of rotatable bonds is 3. The molecule has 0 spiro atoms. The number of ketones is 1. The molecule has 0 saturated carbocycles. The zero-order valence-corrected chi connectivity index (χ0v) is 12.5. The van der Waals surface area contributed by atoms with Crippen LogP contribution in [-0.4, -0.2) is 5.78 Å². The molecule has 0 fully saturated rings. The predicted octanol–water partition coefficient (Wildman–Crippen LogP) is 4.73. The Labute approximate surface area is 128 Å². The lowest BCUT2D eigenvalue weighted by Crippen LogP contribution is -2.12. The average molecular weight is 353 g/mol. The van der Waals surface area contributed by atoms with Crippen LogP contribution in [0.15, 0.2) is 46.9 Å². The molecule has 0 aliphatic heterocycles. The molecule has 20 heavy (non-hydrogen) atoms. The van der Waals surface area contributed by atoms with Crippen LogP contribution in [0.5, 0.6) is 0 Å². The van der Waals surface area contributed by atoms with Gasteiger partial charge in [-0.1, -0.05) is 39.7 Å². The Morgan fingerprint density at radius 2 is 2.05 bits per heavy atom. The fourth-order valence-electron chi connectivity index (χ4n) is 1.81. The summed E-state index contributed by atoms with van der Waals surface area (Å²) in [5.41, 5.74) is 0.547. The quantitative estimate of drug-likeness (QED) is 0.749. The molecule has 5 heteroatoms. The molecule has 0 amide bonds. The Bertz CT molecular complexity index is 711. The van der Waals surface area contributed by atoms with Crippen LogP contribution in [-0.2, 0) is 0 Å². The molecule has 0 aliphatic rings. The fraction of sp³-hybridized carbons (Fsp3) is 0.0667. The van der Waals surface area contributed by atoms with Gasteiger partial charge < -0.3 is 0 Å². The van der Waals surface area contributed by atoms with Crippen LogP contribution in [0.4, 0.5) is 4.39 Å². The number of Topliss-reactive ketones (excluding diaryl/α,β-unsaturated/α-hetero) is 1. The molecule has 0 radical (unpaired) electrons. The van der Waals surface area contributed by atoms with Gasteiger partial charge in [-0.05, 0) is 35.9 Å². The number of carbonyl (C=O) groups is 1. The number of nitriles is 1. The topological polar surface area (TPSA) is 40.9 Å². The molecule has 100 valence electrons. The van der Waals surface area contributed by atoms with Gasteiger partial charge in [-0.2, -0.15) is 5.26 Å². The van der Waals surface area contributed by atoms with Crippen LogP contribution in [0.25, 0.3) is 0 Å². The molecule has 1 atom stereocenters. The van der Waals surface area contributed by atoms with Gasteiger partial charge in [0.15, 0.2) is 5.78 Å². The summed E-state index contributed by atoms with van der Waals surface area (Å²) < 4.78 is 13.9. The van der Waals surface area contributed by atoms with Crippen LogP contribution >= 0.6 is 27.5 Å². The maximum absolute atomic E-state index is 13.2. The third kappa shape index (κ3) is 3.06. The first kappa shape index (κ1) is 14.7. The number of halogens is 3. The minimum absolute atomic E-state index is 0.233. The number of hydrogen-bond donors (Lipinski definition) is 0. The fourth-order valence-corrected chi connectivity index (χ4v) is 2.38. The first-order valence-corrected chi connectivity index (χ1v) is 6.84. The van der Waals surface area contributed by atoms with E-state index in [9.17, 15) is 14.4 Å². The van der Waals surface area contributed by atoms with E-state index in [1.165, 1.54) is 18.2 Å². The highest BCUT2D eigenvalue weighted by molar-refractivity contribution is 9.10. The van der Waals surface area contributed by atoms with Crippen molar-refractivity contribution in [3.8, 4) is 6.07 Å². The summed E-state index contributed by atoms with van der Waals surface area (Å²) in [4.78, 5) is 12.4. The van der Waals surface area contributed by atoms with E-state index >= 15 is 0 Å². The van der Waals surface area contributed by atoms with Crippen LogP contribution in [0.3, 0.4) is 0 Å². The van der Waals surface area contributed by atoms with Crippen LogP contribution in [0.2, 0.25) is 5.02 Å². The summed E-state index contributed by atoms with van der Waals surface area (Å²) in [7, 11) is 0. The minimum atomic E-state index is -1.09. The largest absolute Gasteiger partial charge is 0.292 e. The lowest BCUT2D eigenvalue weighted by molar-refractivity contribution is 0.0979. The summed E-state index contributed by atoms with van der Waals surface area (Å²) in [5, 5.41) is 9.47. The van der Waals surface area contributed by atoms with E-state index in [0.29, 0.717) is 10.0 Å². The van der Waals surface area contributed by atoms with Crippen molar-refractivity contribution in [1.29, 1.82) is 5.26 Å². The van der Waals surface area contributed by atoms with Gasteiger partial charge in [0.05, 0.1) is 11.1 Å². The lowest BCUT2D eigenvalue weighted by atomic mass is 9.92. The lowest BCUT2D eigenvalue weighted by Gasteiger charge is -2.10. The molecule has 0 heterocycles. The summed E-state index contributed by atoms with van der Waals surface area (Å²) >= 11 is 9.24. The first-order chi connectivity index (χ1) is 9.52. The van der Waals surface area contributed by atoms with Gasteiger partial charge in [0.25, 0.3) is 0 Å². The standard InChI is InChI=1S/C15H8BrClFNO/c16-10-4-5-14(17)12(7-10)15(20)13(8-19)9-2-1-3-11(18)6-9/h1-7,13H. The molecular weight excluding hydrogens is 345 g/mol. The highest BCUT2D eigenvalue weighted by atomic mass is 79.9. The molecular formula is C15H8BrClFNO. The van der Waals surface area contributed by atoms with Gasteiger partial charge in [-0.3, -0.25) is 4.79 Å². The molecule has 2 nitrogen and oxygen atoms in total. The van der Waals surface area contributed by atoms with Gasteiger partial charge in [-0.15, -0.1) is 0 Å². The van der Waals surface area contributed by atoms with E-state index in [4.69, 9.17) is 11.6 Å². The van der Waals surface area contributed by atoms with Crippen LogP contribution in [0, 0.1) is 17.1 Å². The third-order valence-electron chi connectivity index (χ3n) is 2.77. The van der Waals surface area contributed by atoms with Crippen molar-refractivity contribution >= 4 is 33.3 Å². The van der Waals surface area contributed by atoms with Crippen molar-refractivity contribution in [3.05, 3.63) is 68.9 Å². The smallest absolute Gasteiger partial charge is 0.185 e. The zero-order chi connectivity index (χ0) is 14.7. The Balaban J connectivity index is 2.45. The maximum atomic E-state index is 13.2. The van der Waals surface area contributed by atoms with Gasteiger partial charge in [0, 0.05) is 10.0 Å². The summed E-state index contributed by atoms with van der Waals surface area (Å²) in [6, 6.07) is 12.2. The van der Waals surface area contributed by atoms with Gasteiger partial charge in [-0.25, -0.2) is 4.39 Å². The predicted molar refractivity (Wildman–Crippen MR) is 78.2 cm³/mol. The number of benzene rings is 2. The van der Waals surface area contributed by atoms with Gasteiger partial charge in [0.2, 0.25) is 0 Å². The summed E-state index contributed by atoms with van der Waals surface area (Å²) in [6.07, 6.45) is 0. The van der Waals surface area contributed by atoms with Crippen molar-refractivity contribution in [1.82, 2.24) is 0 Å². The molecule has 1 unspecified atom stereocenters. The highest BCUT2D eigenvalue weighted by Crippen LogP contribution is 2.27. The molecule has 2 aromatic rings. The molecule has 0 N–H and O–H groups in total. The van der Waals surface area contributed by atoms with E-state index in [0.717, 1.165) is 0 Å².